The van der Waals surface area contributed by atoms with Crippen molar-refractivity contribution in [2.24, 2.45) is 5.92 Å². The van der Waals surface area contributed by atoms with Gasteiger partial charge in [-0.1, -0.05) is 30.3 Å². The molecule has 156 valence electrons. The first kappa shape index (κ1) is 20.1. The molecule has 0 unspecified atom stereocenters. The second-order valence-corrected chi connectivity index (χ2v) is 8.25. The molecule has 0 radical (unpaired) electrons. The van der Waals surface area contributed by atoms with Crippen LogP contribution in [0.25, 0.3) is 0 Å². The number of likely N-dealkylation sites (tertiary alicyclic amines) is 1. The van der Waals surface area contributed by atoms with Crippen molar-refractivity contribution in [2.75, 3.05) is 18.9 Å². The van der Waals surface area contributed by atoms with Crippen LogP contribution in [0.4, 0.5) is 5.69 Å². The van der Waals surface area contributed by atoms with E-state index in [9.17, 15) is 14.4 Å². The predicted octanol–water partition coefficient (Wildman–Crippen LogP) is 3.47. The zero-order valence-corrected chi connectivity index (χ0v) is 17.4. The molecule has 1 aliphatic carbocycles. The first-order chi connectivity index (χ1) is 14.4. The fraction of sp³-hybridized carbons (Fsp3) is 0.375. The van der Waals surface area contributed by atoms with E-state index in [1.165, 1.54) is 0 Å². The van der Waals surface area contributed by atoms with Crippen LogP contribution in [0.3, 0.4) is 0 Å². The molecule has 6 nitrogen and oxygen atoms in total. The Morgan fingerprint density at radius 3 is 2.53 bits per heavy atom. The monoisotopic (exact) mass is 405 g/mol. The fourth-order valence-electron chi connectivity index (χ4n) is 4.01. The second-order valence-electron chi connectivity index (χ2n) is 8.25. The zero-order valence-electron chi connectivity index (χ0n) is 17.4. The second kappa shape index (κ2) is 8.30. The van der Waals surface area contributed by atoms with Crippen molar-refractivity contribution in [3.05, 3.63) is 65.7 Å². The number of hydrogen-bond donors (Lipinski definition) is 1. The average molecular weight is 405 g/mol. The fourth-order valence-corrected chi connectivity index (χ4v) is 4.01. The lowest BCUT2D eigenvalue weighted by Crippen LogP contribution is -2.36. The molecule has 4 rings (SSSR count). The van der Waals surface area contributed by atoms with Crippen LogP contribution in [0.1, 0.15) is 48.1 Å². The minimum absolute atomic E-state index is 0.00211. The van der Waals surface area contributed by atoms with E-state index in [-0.39, 0.29) is 29.7 Å². The van der Waals surface area contributed by atoms with Crippen molar-refractivity contribution < 1.29 is 14.4 Å². The summed E-state index contributed by atoms with van der Waals surface area (Å²) in [5.41, 5.74) is 2.21. The summed E-state index contributed by atoms with van der Waals surface area (Å²) in [6, 6.07) is 16.8. The van der Waals surface area contributed by atoms with Crippen LogP contribution in [0.2, 0.25) is 0 Å². The Hall–Kier alpha value is -3.15. The molecule has 0 bridgehead atoms. The van der Waals surface area contributed by atoms with Gasteiger partial charge in [-0.05, 0) is 49.6 Å². The van der Waals surface area contributed by atoms with Crippen LogP contribution in [0.5, 0.6) is 0 Å². The molecule has 6 heteroatoms. The summed E-state index contributed by atoms with van der Waals surface area (Å²) in [7, 11) is 1.78. The van der Waals surface area contributed by atoms with Gasteiger partial charge in [0, 0.05) is 37.3 Å². The highest BCUT2D eigenvalue weighted by molar-refractivity contribution is 6.04. The Morgan fingerprint density at radius 2 is 1.83 bits per heavy atom. The Bertz CT molecular complexity index is 955. The lowest BCUT2D eigenvalue weighted by Gasteiger charge is -2.28. The quantitative estimate of drug-likeness (QED) is 0.800. The Labute approximate surface area is 176 Å². The number of amides is 3. The predicted molar refractivity (Wildman–Crippen MR) is 115 cm³/mol. The normalized spacial score (nSPS) is 19.5. The molecule has 1 saturated carbocycles. The van der Waals surface area contributed by atoms with E-state index in [1.807, 2.05) is 54.3 Å². The van der Waals surface area contributed by atoms with Crippen molar-refractivity contribution in [3.63, 3.8) is 0 Å². The number of hydrogen-bond acceptors (Lipinski definition) is 3. The molecule has 2 atom stereocenters. The van der Waals surface area contributed by atoms with Gasteiger partial charge in [0.25, 0.3) is 5.91 Å². The van der Waals surface area contributed by atoms with Gasteiger partial charge in [0.1, 0.15) is 0 Å². The van der Waals surface area contributed by atoms with Crippen molar-refractivity contribution in [3.8, 4) is 0 Å². The summed E-state index contributed by atoms with van der Waals surface area (Å²) >= 11 is 0. The van der Waals surface area contributed by atoms with Gasteiger partial charge in [0.05, 0.1) is 12.0 Å². The Morgan fingerprint density at radius 1 is 1.10 bits per heavy atom. The molecule has 3 amide bonds. The van der Waals surface area contributed by atoms with E-state index < -0.39 is 0 Å². The molecule has 1 N–H and O–H groups in total. The van der Waals surface area contributed by atoms with Crippen LogP contribution in [-0.4, -0.2) is 47.2 Å². The molecule has 1 aliphatic heterocycles. The van der Waals surface area contributed by atoms with E-state index >= 15 is 0 Å². The SMILES string of the molecule is C[C@H](c1cccc(NC(=O)c2ccccc2)c1)N(C)C(=O)[C@@H]1CC(=O)N(C2CC2)C1. The molecule has 2 aromatic carbocycles. The Balaban J connectivity index is 1.42. The van der Waals surface area contributed by atoms with Crippen LogP contribution in [-0.2, 0) is 9.59 Å². The first-order valence-corrected chi connectivity index (χ1v) is 10.5. The number of carbonyl (C=O) groups excluding carboxylic acids is 3. The third kappa shape index (κ3) is 4.22. The van der Waals surface area contributed by atoms with Crippen molar-refractivity contribution in [2.45, 2.75) is 38.3 Å². The van der Waals surface area contributed by atoms with Gasteiger partial charge in [0.15, 0.2) is 0 Å². The lowest BCUT2D eigenvalue weighted by molar-refractivity contribution is -0.136. The van der Waals surface area contributed by atoms with Crippen LogP contribution >= 0.6 is 0 Å². The maximum absolute atomic E-state index is 13.0. The maximum Gasteiger partial charge on any atom is 0.255 e. The molecule has 0 aromatic heterocycles. The number of benzene rings is 2. The summed E-state index contributed by atoms with van der Waals surface area (Å²) in [4.78, 5) is 41.2. The van der Waals surface area contributed by atoms with Gasteiger partial charge in [-0.2, -0.15) is 0 Å². The molecular weight excluding hydrogens is 378 g/mol. The third-order valence-electron chi connectivity index (χ3n) is 6.09. The smallest absolute Gasteiger partial charge is 0.255 e. The van der Waals surface area contributed by atoms with E-state index in [2.05, 4.69) is 5.32 Å². The topological polar surface area (TPSA) is 69.7 Å². The summed E-state index contributed by atoms with van der Waals surface area (Å²) in [6.45, 7) is 2.50. The van der Waals surface area contributed by atoms with Gasteiger partial charge in [-0.15, -0.1) is 0 Å². The van der Waals surface area contributed by atoms with Gasteiger partial charge in [-0.3, -0.25) is 14.4 Å². The number of nitrogens with zero attached hydrogens (tertiary/aromatic N) is 2. The minimum Gasteiger partial charge on any atom is -0.339 e. The molecule has 1 heterocycles. The summed E-state index contributed by atoms with van der Waals surface area (Å²) in [6.07, 6.45) is 2.42. The Kier molecular flexibility index (Phi) is 5.57. The average Bonchev–Trinajstić information content (AvgIpc) is 3.54. The van der Waals surface area contributed by atoms with Crippen LogP contribution in [0.15, 0.2) is 54.6 Å². The highest BCUT2D eigenvalue weighted by Gasteiger charge is 2.42. The third-order valence-corrected chi connectivity index (χ3v) is 6.09. The highest BCUT2D eigenvalue weighted by atomic mass is 16.2. The zero-order chi connectivity index (χ0) is 21.3. The van der Waals surface area contributed by atoms with Crippen molar-refractivity contribution in [1.82, 2.24) is 9.80 Å². The maximum atomic E-state index is 13.0. The molecule has 2 aliphatic rings. The molecular formula is C24H27N3O3. The number of carbonyl (C=O) groups is 3. The number of nitrogens with one attached hydrogen (secondary N) is 1. The number of anilines is 1. The van der Waals surface area contributed by atoms with Crippen molar-refractivity contribution in [1.29, 1.82) is 0 Å². The largest absolute Gasteiger partial charge is 0.339 e. The van der Waals surface area contributed by atoms with Gasteiger partial charge >= 0.3 is 0 Å². The van der Waals surface area contributed by atoms with Gasteiger partial charge in [0.2, 0.25) is 11.8 Å². The molecule has 0 spiro atoms. The first-order valence-electron chi connectivity index (χ1n) is 10.5. The molecule has 2 aromatic rings. The standard InChI is InChI=1S/C24H27N3O3/c1-16(26(2)24(30)19-14-22(28)27(15-19)21-11-12-21)18-9-6-10-20(13-18)25-23(29)17-7-4-3-5-8-17/h3-10,13,16,19,21H,11-12,14-15H2,1-2H3,(H,25,29)/t16-,19-/m1/s1. The molecule has 1 saturated heterocycles. The minimum atomic E-state index is -0.272. The number of rotatable bonds is 6. The van der Waals surface area contributed by atoms with Crippen LogP contribution < -0.4 is 5.32 Å². The van der Waals surface area contributed by atoms with Gasteiger partial charge in [-0.25, -0.2) is 0 Å². The summed E-state index contributed by atoms with van der Waals surface area (Å²) in [5.74, 6) is -0.346. The van der Waals surface area contributed by atoms with E-state index in [4.69, 9.17) is 0 Å². The van der Waals surface area contributed by atoms with Crippen molar-refractivity contribution >= 4 is 23.4 Å². The van der Waals surface area contributed by atoms with E-state index in [0.717, 1.165) is 18.4 Å². The molecule has 2 fully saturated rings. The summed E-state index contributed by atoms with van der Waals surface area (Å²) in [5, 5.41) is 2.91. The van der Waals surface area contributed by atoms with E-state index in [1.54, 1.807) is 24.1 Å². The van der Waals surface area contributed by atoms with Crippen LogP contribution in [0, 0.1) is 5.92 Å². The molecule has 30 heavy (non-hydrogen) atoms. The summed E-state index contributed by atoms with van der Waals surface area (Å²) < 4.78 is 0. The highest BCUT2D eigenvalue weighted by Crippen LogP contribution is 2.34. The van der Waals surface area contributed by atoms with Gasteiger partial charge < -0.3 is 15.1 Å². The lowest BCUT2D eigenvalue weighted by atomic mass is 10.0. The van der Waals surface area contributed by atoms with E-state index in [0.29, 0.717) is 30.3 Å².